The molecule has 0 unspecified atom stereocenters. The van der Waals surface area contributed by atoms with Crippen LogP contribution in [-0.4, -0.2) is 35.2 Å². The van der Waals surface area contributed by atoms with Crippen molar-refractivity contribution >= 4 is 0 Å². The van der Waals surface area contributed by atoms with Gasteiger partial charge in [0.25, 0.3) is 0 Å². The minimum absolute atomic E-state index is 0.442. The molecule has 1 saturated heterocycles. The van der Waals surface area contributed by atoms with E-state index in [-0.39, 0.29) is 0 Å². The highest BCUT2D eigenvalue weighted by atomic mass is 16.3. The molecule has 17 heavy (non-hydrogen) atoms. The van der Waals surface area contributed by atoms with E-state index in [0.29, 0.717) is 5.41 Å². The summed E-state index contributed by atoms with van der Waals surface area (Å²) >= 11 is 0. The van der Waals surface area contributed by atoms with E-state index < -0.39 is 5.60 Å². The zero-order valence-electron chi connectivity index (χ0n) is 12.4. The molecule has 0 amide bonds. The summed E-state index contributed by atoms with van der Waals surface area (Å²) in [5.41, 5.74) is -0.0214. The molecule has 1 rings (SSSR count). The van der Waals surface area contributed by atoms with Crippen molar-refractivity contribution in [3.8, 4) is 0 Å². The van der Waals surface area contributed by atoms with Gasteiger partial charge < -0.3 is 10.0 Å². The summed E-state index contributed by atoms with van der Waals surface area (Å²) in [4.78, 5) is 2.45. The third-order valence-electron chi connectivity index (χ3n) is 4.65. The van der Waals surface area contributed by atoms with E-state index in [1.165, 1.54) is 12.8 Å². The highest BCUT2D eigenvalue weighted by molar-refractivity contribution is 4.85. The fourth-order valence-corrected chi connectivity index (χ4v) is 2.85. The third-order valence-corrected chi connectivity index (χ3v) is 4.65. The van der Waals surface area contributed by atoms with Crippen LogP contribution in [-0.2, 0) is 0 Å². The van der Waals surface area contributed by atoms with E-state index in [9.17, 15) is 5.11 Å². The number of piperidine rings is 1. The summed E-state index contributed by atoms with van der Waals surface area (Å²) in [5, 5.41) is 10.4. The molecule has 0 saturated carbocycles. The van der Waals surface area contributed by atoms with Crippen LogP contribution < -0.4 is 0 Å². The van der Waals surface area contributed by atoms with E-state index in [0.717, 1.165) is 38.4 Å². The Balaban J connectivity index is 2.42. The quantitative estimate of drug-likeness (QED) is 0.816. The van der Waals surface area contributed by atoms with Crippen molar-refractivity contribution in [3.63, 3.8) is 0 Å². The average molecular weight is 241 g/mol. The maximum atomic E-state index is 10.4. The van der Waals surface area contributed by atoms with Crippen LogP contribution in [0.5, 0.6) is 0 Å². The topological polar surface area (TPSA) is 23.5 Å². The lowest BCUT2D eigenvalue weighted by molar-refractivity contribution is -0.0169. The largest absolute Gasteiger partial charge is 0.389 e. The van der Waals surface area contributed by atoms with Gasteiger partial charge in [-0.25, -0.2) is 0 Å². The summed E-state index contributed by atoms with van der Waals surface area (Å²) in [7, 11) is 0. The van der Waals surface area contributed by atoms with E-state index in [4.69, 9.17) is 0 Å². The Bertz CT molecular complexity index is 220. The number of likely N-dealkylation sites (tertiary alicyclic amines) is 1. The molecule has 2 heteroatoms. The van der Waals surface area contributed by atoms with Crippen LogP contribution in [0.4, 0.5) is 0 Å². The smallest absolute Gasteiger partial charge is 0.0768 e. The molecule has 1 fully saturated rings. The minimum Gasteiger partial charge on any atom is -0.389 e. The molecular formula is C15H31NO. The molecule has 0 aliphatic carbocycles. The van der Waals surface area contributed by atoms with E-state index >= 15 is 0 Å². The molecule has 0 atom stereocenters. The Morgan fingerprint density at radius 3 is 1.88 bits per heavy atom. The Labute approximate surface area is 107 Å². The molecule has 0 aromatic carbocycles. The maximum absolute atomic E-state index is 10.4. The second-order valence-corrected chi connectivity index (χ2v) is 6.85. The van der Waals surface area contributed by atoms with Gasteiger partial charge in [0.15, 0.2) is 0 Å². The highest BCUT2D eigenvalue weighted by Gasteiger charge is 2.32. The molecule has 0 spiro atoms. The van der Waals surface area contributed by atoms with Gasteiger partial charge in [-0.15, -0.1) is 0 Å². The van der Waals surface area contributed by atoms with Gasteiger partial charge >= 0.3 is 0 Å². The number of rotatable bonds is 4. The molecule has 0 aromatic rings. The van der Waals surface area contributed by atoms with Crippen molar-refractivity contribution in [2.75, 3.05) is 19.6 Å². The zero-order valence-corrected chi connectivity index (χ0v) is 12.4. The fourth-order valence-electron chi connectivity index (χ4n) is 2.85. The van der Waals surface area contributed by atoms with Crippen LogP contribution in [0.1, 0.15) is 60.3 Å². The fraction of sp³-hybridized carbons (Fsp3) is 1.00. The second-order valence-electron chi connectivity index (χ2n) is 6.85. The lowest BCUT2D eigenvalue weighted by atomic mass is 9.75. The van der Waals surface area contributed by atoms with Gasteiger partial charge in [0.2, 0.25) is 0 Å². The highest BCUT2D eigenvalue weighted by Crippen LogP contribution is 2.34. The van der Waals surface area contributed by atoms with Gasteiger partial charge in [-0.05, 0) is 50.1 Å². The number of nitrogens with zero attached hydrogens (tertiary/aromatic N) is 1. The van der Waals surface area contributed by atoms with Crippen molar-refractivity contribution in [1.82, 2.24) is 4.90 Å². The number of hydrogen-bond acceptors (Lipinski definition) is 2. The molecule has 102 valence electrons. The standard InChI is InChI=1S/C15H31NO/c1-6-15(17,7-2)12-16-10-8-13(9-11-16)14(3,4)5/h13,17H,6-12H2,1-5H3. The van der Waals surface area contributed by atoms with Gasteiger partial charge in [0, 0.05) is 6.54 Å². The first-order valence-electron chi connectivity index (χ1n) is 7.25. The van der Waals surface area contributed by atoms with Crippen LogP contribution in [0.2, 0.25) is 0 Å². The predicted octanol–water partition coefficient (Wildman–Crippen LogP) is 3.30. The Kier molecular flexibility index (Phi) is 5.03. The lowest BCUT2D eigenvalue weighted by Gasteiger charge is -2.41. The summed E-state index contributed by atoms with van der Waals surface area (Å²) < 4.78 is 0. The van der Waals surface area contributed by atoms with Crippen LogP contribution in [0, 0.1) is 11.3 Å². The zero-order chi connectivity index (χ0) is 13.1. The Hall–Kier alpha value is -0.0800. The minimum atomic E-state index is -0.464. The SMILES string of the molecule is CCC(O)(CC)CN1CCC(C(C)(C)C)CC1. The first-order valence-corrected chi connectivity index (χ1v) is 7.25. The molecule has 1 aliphatic rings. The normalized spacial score (nSPS) is 20.8. The van der Waals surface area contributed by atoms with Gasteiger partial charge in [0.05, 0.1) is 5.60 Å². The molecule has 2 nitrogen and oxygen atoms in total. The van der Waals surface area contributed by atoms with Gasteiger partial charge in [-0.2, -0.15) is 0 Å². The summed E-state index contributed by atoms with van der Waals surface area (Å²) in [6.45, 7) is 14.4. The van der Waals surface area contributed by atoms with E-state index in [1.54, 1.807) is 0 Å². The Morgan fingerprint density at radius 1 is 1.06 bits per heavy atom. The second kappa shape index (κ2) is 5.71. The summed E-state index contributed by atoms with van der Waals surface area (Å²) in [5.74, 6) is 0.843. The monoisotopic (exact) mass is 241 g/mol. The van der Waals surface area contributed by atoms with Crippen molar-refractivity contribution in [2.24, 2.45) is 11.3 Å². The van der Waals surface area contributed by atoms with Gasteiger partial charge in [0.1, 0.15) is 0 Å². The molecule has 0 aromatic heterocycles. The van der Waals surface area contributed by atoms with E-state index in [2.05, 4.69) is 39.5 Å². The third kappa shape index (κ3) is 4.26. The predicted molar refractivity (Wildman–Crippen MR) is 74.2 cm³/mol. The Morgan fingerprint density at radius 2 is 1.53 bits per heavy atom. The molecule has 1 N–H and O–H groups in total. The molecule has 1 heterocycles. The number of β-amino-alcohol motifs (C(OH)–C–C–N with tert-alkyl or cyclic N) is 1. The molecule has 0 radical (unpaired) electrons. The number of hydrogen-bond donors (Lipinski definition) is 1. The van der Waals surface area contributed by atoms with Crippen molar-refractivity contribution in [3.05, 3.63) is 0 Å². The van der Waals surface area contributed by atoms with E-state index in [1.807, 2.05) is 0 Å². The maximum Gasteiger partial charge on any atom is 0.0768 e. The van der Waals surface area contributed by atoms with Crippen LogP contribution in [0.3, 0.4) is 0 Å². The first kappa shape index (κ1) is 15.0. The van der Waals surface area contributed by atoms with Crippen LogP contribution >= 0.6 is 0 Å². The van der Waals surface area contributed by atoms with Gasteiger partial charge in [-0.1, -0.05) is 34.6 Å². The van der Waals surface area contributed by atoms with Crippen LogP contribution in [0.15, 0.2) is 0 Å². The molecular weight excluding hydrogens is 210 g/mol. The van der Waals surface area contributed by atoms with Gasteiger partial charge in [-0.3, -0.25) is 0 Å². The van der Waals surface area contributed by atoms with Crippen LogP contribution in [0.25, 0.3) is 0 Å². The van der Waals surface area contributed by atoms with Crippen molar-refractivity contribution < 1.29 is 5.11 Å². The molecule has 1 aliphatic heterocycles. The summed E-state index contributed by atoms with van der Waals surface area (Å²) in [6, 6.07) is 0. The van der Waals surface area contributed by atoms with Crippen molar-refractivity contribution in [2.45, 2.75) is 65.9 Å². The lowest BCUT2D eigenvalue weighted by Crippen LogP contribution is -2.46. The number of aliphatic hydroxyl groups is 1. The van der Waals surface area contributed by atoms with Crippen molar-refractivity contribution in [1.29, 1.82) is 0 Å². The average Bonchev–Trinajstić information content (AvgIpc) is 2.28. The molecule has 0 bridgehead atoms. The first-order chi connectivity index (χ1) is 7.80. The summed E-state index contributed by atoms with van der Waals surface area (Å²) in [6.07, 6.45) is 4.30.